The summed E-state index contributed by atoms with van der Waals surface area (Å²) in [5.41, 5.74) is 1.22. The minimum absolute atomic E-state index is 0.346. The highest BCUT2D eigenvalue weighted by atomic mass is 16.5. The van der Waals surface area contributed by atoms with Gasteiger partial charge in [0.1, 0.15) is 11.5 Å². The molecule has 4 nitrogen and oxygen atoms in total. The zero-order chi connectivity index (χ0) is 18.8. The standard InChI is InChI=1S/C22H14O4/c1-5-15-7-9-17-19(11-15)21(25-13(3)23)18-10-8-16(6-2)12-20(18)22(17)26-14(4)24/h1-2,7-12H,3-4H3. The molecule has 0 N–H and O–H groups in total. The van der Waals surface area contributed by atoms with Crippen molar-refractivity contribution in [1.82, 2.24) is 0 Å². The number of carbonyl (C=O) groups excluding carboxylic acids is 2. The van der Waals surface area contributed by atoms with Crippen molar-refractivity contribution >= 4 is 33.5 Å². The van der Waals surface area contributed by atoms with Crippen molar-refractivity contribution in [2.24, 2.45) is 0 Å². The van der Waals surface area contributed by atoms with Crippen LogP contribution >= 0.6 is 0 Å². The topological polar surface area (TPSA) is 52.6 Å². The molecule has 26 heavy (non-hydrogen) atoms. The molecule has 0 saturated heterocycles. The third-order valence-electron chi connectivity index (χ3n) is 3.84. The first-order chi connectivity index (χ1) is 12.4. The average molecular weight is 342 g/mol. The summed E-state index contributed by atoms with van der Waals surface area (Å²) in [6.45, 7) is 2.64. The van der Waals surface area contributed by atoms with Crippen LogP contribution in [0.1, 0.15) is 25.0 Å². The lowest BCUT2D eigenvalue weighted by atomic mass is 9.97. The van der Waals surface area contributed by atoms with E-state index in [9.17, 15) is 9.59 Å². The maximum absolute atomic E-state index is 11.7. The Labute approximate surface area is 150 Å². The van der Waals surface area contributed by atoms with Crippen molar-refractivity contribution in [3.8, 4) is 36.2 Å². The maximum atomic E-state index is 11.7. The zero-order valence-corrected chi connectivity index (χ0v) is 14.3. The van der Waals surface area contributed by atoms with Crippen LogP contribution in [-0.2, 0) is 9.59 Å². The van der Waals surface area contributed by atoms with Crippen LogP contribution in [0.4, 0.5) is 0 Å². The Balaban J connectivity index is 2.55. The summed E-state index contributed by atoms with van der Waals surface area (Å²) in [7, 11) is 0. The van der Waals surface area contributed by atoms with Gasteiger partial charge in [0.15, 0.2) is 0 Å². The van der Waals surface area contributed by atoms with Crippen LogP contribution in [0.15, 0.2) is 36.4 Å². The molecule has 0 saturated carbocycles. The quantitative estimate of drug-likeness (QED) is 0.308. The fourth-order valence-corrected chi connectivity index (χ4v) is 2.84. The lowest BCUT2D eigenvalue weighted by Gasteiger charge is -2.16. The van der Waals surface area contributed by atoms with E-state index in [0.29, 0.717) is 44.2 Å². The van der Waals surface area contributed by atoms with Crippen molar-refractivity contribution < 1.29 is 19.1 Å². The predicted molar refractivity (Wildman–Crippen MR) is 99.9 cm³/mol. The van der Waals surface area contributed by atoms with Gasteiger partial charge in [-0.3, -0.25) is 9.59 Å². The number of terminal acetylenes is 2. The van der Waals surface area contributed by atoms with Gasteiger partial charge in [0.2, 0.25) is 0 Å². The number of fused-ring (bicyclic) bond motifs is 2. The van der Waals surface area contributed by atoms with Crippen LogP contribution in [0.5, 0.6) is 11.5 Å². The highest BCUT2D eigenvalue weighted by Gasteiger charge is 2.19. The predicted octanol–water partition coefficient (Wildman–Crippen LogP) is 3.81. The molecule has 3 aromatic carbocycles. The van der Waals surface area contributed by atoms with Gasteiger partial charge in [-0.05, 0) is 36.4 Å². The van der Waals surface area contributed by atoms with E-state index >= 15 is 0 Å². The monoisotopic (exact) mass is 342 g/mol. The lowest BCUT2D eigenvalue weighted by Crippen LogP contribution is -2.06. The largest absolute Gasteiger partial charge is 0.425 e. The van der Waals surface area contributed by atoms with Crippen molar-refractivity contribution in [3.05, 3.63) is 47.5 Å². The molecule has 0 fully saturated rings. The van der Waals surface area contributed by atoms with E-state index in [-0.39, 0.29) is 0 Å². The smallest absolute Gasteiger partial charge is 0.308 e. The molecule has 0 heterocycles. The second kappa shape index (κ2) is 6.63. The molecule has 0 aliphatic heterocycles. The van der Waals surface area contributed by atoms with Crippen LogP contribution in [0.2, 0.25) is 0 Å². The lowest BCUT2D eigenvalue weighted by molar-refractivity contribution is -0.132. The van der Waals surface area contributed by atoms with Crippen molar-refractivity contribution in [1.29, 1.82) is 0 Å². The molecule has 126 valence electrons. The Hall–Kier alpha value is -3.76. The van der Waals surface area contributed by atoms with Gasteiger partial charge in [0, 0.05) is 46.5 Å². The zero-order valence-electron chi connectivity index (χ0n) is 14.3. The Morgan fingerprint density at radius 1 is 0.731 bits per heavy atom. The minimum Gasteiger partial charge on any atom is -0.425 e. The summed E-state index contributed by atoms with van der Waals surface area (Å²) in [6.07, 6.45) is 11.0. The molecule has 0 amide bonds. The number of rotatable bonds is 2. The van der Waals surface area contributed by atoms with Crippen LogP contribution in [0, 0.1) is 24.7 Å². The second-order valence-electron chi connectivity index (χ2n) is 5.65. The SMILES string of the molecule is C#Cc1ccc2c(OC(C)=O)c3cc(C#C)ccc3c(OC(C)=O)c2c1. The third kappa shape index (κ3) is 2.97. The fourth-order valence-electron chi connectivity index (χ4n) is 2.84. The summed E-state index contributed by atoms with van der Waals surface area (Å²) in [5.74, 6) is 4.85. The molecule has 0 unspecified atom stereocenters. The maximum Gasteiger partial charge on any atom is 0.308 e. The van der Waals surface area contributed by atoms with Crippen molar-refractivity contribution in [2.45, 2.75) is 13.8 Å². The molecule has 0 radical (unpaired) electrons. The molecular weight excluding hydrogens is 328 g/mol. The van der Waals surface area contributed by atoms with Crippen molar-refractivity contribution in [2.75, 3.05) is 0 Å². The molecular formula is C22H14O4. The number of hydrogen-bond donors (Lipinski definition) is 0. The molecule has 4 heteroatoms. The van der Waals surface area contributed by atoms with Crippen LogP contribution in [0.25, 0.3) is 21.5 Å². The van der Waals surface area contributed by atoms with E-state index in [1.54, 1.807) is 36.4 Å². The van der Waals surface area contributed by atoms with Gasteiger partial charge in [-0.2, -0.15) is 0 Å². The molecule has 0 spiro atoms. The Morgan fingerprint density at radius 3 is 1.42 bits per heavy atom. The number of hydrogen-bond acceptors (Lipinski definition) is 4. The molecule has 3 rings (SSSR count). The summed E-state index contributed by atoms with van der Waals surface area (Å²) < 4.78 is 10.9. The molecule has 0 aromatic heterocycles. The van der Waals surface area contributed by atoms with Gasteiger partial charge in [-0.15, -0.1) is 12.8 Å². The van der Waals surface area contributed by atoms with Crippen LogP contribution in [-0.4, -0.2) is 11.9 Å². The van der Waals surface area contributed by atoms with Gasteiger partial charge in [0.05, 0.1) is 0 Å². The van der Waals surface area contributed by atoms with Crippen LogP contribution in [0.3, 0.4) is 0 Å². The van der Waals surface area contributed by atoms with Crippen molar-refractivity contribution in [3.63, 3.8) is 0 Å². The summed E-state index contributed by atoms with van der Waals surface area (Å²) in [6, 6.07) is 10.4. The summed E-state index contributed by atoms with van der Waals surface area (Å²) in [5, 5.41) is 2.34. The van der Waals surface area contributed by atoms with Gasteiger partial charge >= 0.3 is 11.9 Å². The first-order valence-corrected chi connectivity index (χ1v) is 7.78. The molecule has 0 aliphatic rings. The molecule has 3 aromatic rings. The van der Waals surface area contributed by atoms with Gasteiger partial charge in [-0.1, -0.05) is 11.8 Å². The second-order valence-corrected chi connectivity index (χ2v) is 5.65. The number of benzene rings is 3. The van der Waals surface area contributed by atoms with E-state index in [1.165, 1.54) is 13.8 Å². The number of ether oxygens (including phenoxy) is 2. The van der Waals surface area contributed by atoms with E-state index in [2.05, 4.69) is 11.8 Å². The average Bonchev–Trinajstić information content (AvgIpc) is 2.62. The minimum atomic E-state index is -0.472. The highest BCUT2D eigenvalue weighted by Crippen LogP contribution is 2.43. The molecule has 0 aliphatic carbocycles. The Morgan fingerprint density at radius 2 is 1.12 bits per heavy atom. The Bertz CT molecular complexity index is 1060. The first kappa shape index (κ1) is 17.1. The highest BCUT2D eigenvalue weighted by molar-refractivity contribution is 6.13. The van der Waals surface area contributed by atoms with Gasteiger partial charge in [0.25, 0.3) is 0 Å². The van der Waals surface area contributed by atoms with E-state index in [0.717, 1.165) is 0 Å². The fraction of sp³-hybridized carbons (Fsp3) is 0.0909. The van der Waals surface area contributed by atoms with Gasteiger partial charge < -0.3 is 9.47 Å². The summed E-state index contributed by atoms with van der Waals surface area (Å²) >= 11 is 0. The normalized spacial score (nSPS) is 10.2. The first-order valence-electron chi connectivity index (χ1n) is 7.78. The molecule has 0 atom stereocenters. The van der Waals surface area contributed by atoms with Gasteiger partial charge in [-0.25, -0.2) is 0 Å². The molecule has 0 bridgehead atoms. The Kier molecular flexibility index (Phi) is 4.35. The van der Waals surface area contributed by atoms with E-state index in [4.69, 9.17) is 22.3 Å². The third-order valence-corrected chi connectivity index (χ3v) is 3.84. The number of esters is 2. The summed E-state index contributed by atoms with van der Waals surface area (Å²) in [4.78, 5) is 23.3. The van der Waals surface area contributed by atoms with E-state index < -0.39 is 11.9 Å². The number of carbonyl (C=O) groups is 2. The van der Waals surface area contributed by atoms with Crippen LogP contribution < -0.4 is 9.47 Å². The van der Waals surface area contributed by atoms with E-state index in [1.807, 2.05) is 0 Å².